The molecule has 1 rings (SSSR count). The summed E-state index contributed by atoms with van der Waals surface area (Å²) in [7, 11) is 1.66. The maximum Gasteiger partial charge on any atom is 0.154 e. The van der Waals surface area contributed by atoms with Crippen molar-refractivity contribution in [1.82, 2.24) is 0 Å². The number of methoxy groups -OCH3 is 1. The molecule has 4 heteroatoms. The van der Waals surface area contributed by atoms with Gasteiger partial charge in [0.05, 0.1) is 13.2 Å². The predicted octanol–water partition coefficient (Wildman–Crippen LogP) is 3.18. The van der Waals surface area contributed by atoms with Gasteiger partial charge in [-0.25, -0.2) is 0 Å². The summed E-state index contributed by atoms with van der Waals surface area (Å²) in [5.41, 5.74) is 8.64. The Bertz CT molecular complexity index is 407. The standard InChI is InChI=1S/C15H24N2OS/c1-15(2,3)13-7-5-12(6-8-13)11-19-14(16)17-9-10-18-4/h5-8H,9-11H2,1-4H3,(H2,16,17). The molecular weight excluding hydrogens is 256 g/mol. The number of hydrogen-bond donors (Lipinski definition) is 1. The Morgan fingerprint density at radius 3 is 2.42 bits per heavy atom. The molecule has 1 aromatic rings. The van der Waals surface area contributed by atoms with Crippen molar-refractivity contribution in [2.45, 2.75) is 31.9 Å². The van der Waals surface area contributed by atoms with Gasteiger partial charge in [0, 0.05) is 12.9 Å². The van der Waals surface area contributed by atoms with Crippen LogP contribution in [0.1, 0.15) is 31.9 Å². The summed E-state index contributed by atoms with van der Waals surface area (Å²) in [5.74, 6) is 0.854. The number of nitrogens with two attached hydrogens (primary N) is 1. The monoisotopic (exact) mass is 280 g/mol. The summed E-state index contributed by atoms with van der Waals surface area (Å²) in [6.45, 7) is 7.89. The molecule has 0 radical (unpaired) electrons. The molecule has 0 unspecified atom stereocenters. The Morgan fingerprint density at radius 1 is 1.26 bits per heavy atom. The van der Waals surface area contributed by atoms with Crippen molar-refractivity contribution >= 4 is 16.9 Å². The maximum absolute atomic E-state index is 5.82. The molecule has 106 valence electrons. The lowest BCUT2D eigenvalue weighted by atomic mass is 9.87. The topological polar surface area (TPSA) is 47.6 Å². The minimum atomic E-state index is 0.201. The third kappa shape index (κ3) is 6.12. The molecule has 0 amide bonds. The number of thioether (sulfide) groups is 1. The van der Waals surface area contributed by atoms with E-state index in [-0.39, 0.29) is 5.41 Å². The highest BCUT2D eigenvalue weighted by atomic mass is 32.2. The fraction of sp³-hybridized carbons (Fsp3) is 0.533. The second-order valence-corrected chi connectivity index (χ2v) is 6.44. The number of benzene rings is 1. The maximum atomic E-state index is 5.82. The molecule has 0 bridgehead atoms. The van der Waals surface area contributed by atoms with Gasteiger partial charge in [-0.2, -0.15) is 0 Å². The number of ether oxygens (including phenoxy) is 1. The van der Waals surface area contributed by atoms with Crippen LogP contribution in [-0.2, 0) is 15.9 Å². The quantitative estimate of drug-likeness (QED) is 0.512. The predicted molar refractivity (Wildman–Crippen MR) is 84.8 cm³/mol. The molecule has 0 saturated carbocycles. The molecule has 1 aromatic carbocycles. The van der Waals surface area contributed by atoms with Crippen LogP contribution in [0, 0.1) is 0 Å². The number of hydrogen-bond acceptors (Lipinski definition) is 3. The van der Waals surface area contributed by atoms with E-state index in [1.54, 1.807) is 18.9 Å². The first kappa shape index (κ1) is 16.1. The summed E-state index contributed by atoms with van der Waals surface area (Å²) >= 11 is 1.57. The van der Waals surface area contributed by atoms with Gasteiger partial charge < -0.3 is 10.5 Å². The van der Waals surface area contributed by atoms with E-state index in [1.807, 2.05) is 0 Å². The summed E-state index contributed by atoms with van der Waals surface area (Å²) in [6.07, 6.45) is 0. The van der Waals surface area contributed by atoms with Crippen LogP contribution in [0.5, 0.6) is 0 Å². The van der Waals surface area contributed by atoms with Crippen molar-refractivity contribution in [3.05, 3.63) is 35.4 Å². The molecule has 0 fully saturated rings. The first-order valence-electron chi connectivity index (χ1n) is 6.44. The second-order valence-electron chi connectivity index (χ2n) is 5.45. The molecule has 0 aliphatic carbocycles. The first-order valence-corrected chi connectivity index (χ1v) is 7.43. The van der Waals surface area contributed by atoms with E-state index in [1.165, 1.54) is 11.1 Å². The van der Waals surface area contributed by atoms with E-state index in [2.05, 4.69) is 50.0 Å². The molecule has 0 heterocycles. The fourth-order valence-electron chi connectivity index (χ4n) is 1.55. The summed E-state index contributed by atoms with van der Waals surface area (Å²) in [6, 6.07) is 8.70. The van der Waals surface area contributed by atoms with Gasteiger partial charge in [0.25, 0.3) is 0 Å². The van der Waals surface area contributed by atoms with Crippen LogP contribution < -0.4 is 5.73 Å². The molecule has 0 aromatic heterocycles. The van der Waals surface area contributed by atoms with E-state index in [9.17, 15) is 0 Å². The molecule has 0 saturated heterocycles. The van der Waals surface area contributed by atoms with E-state index >= 15 is 0 Å². The molecule has 0 aliphatic heterocycles. The van der Waals surface area contributed by atoms with Gasteiger partial charge in [-0.15, -0.1) is 0 Å². The molecule has 19 heavy (non-hydrogen) atoms. The van der Waals surface area contributed by atoms with Crippen LogP contribution in [0.3, 0.4) is 0 Å². The number of nitrogens with zero attached hydrogens (tertiary/aromatic N) is 1. The van der Waals surface area contributed by atoms with Gasteiger partial charge in [0.1, 0.15) is 0 Å². The van der Waals surface area contributed by atoms with E-state index in [4.69, 9.17) is 10.5 Å². The van der Waals surface area contributed by atoms with Gasteiger partial charge in [0.2, 0.25) is 0 Å². The Hall–Kier alpha value is -1.00. The molecule has 0 atom stereocenters. The minimum absolute atomic E-state index is 0.201. The van der Waals surface area contributed by atoms with Gasteiger partial charge in [-0.1, -0.05) is 56.8 Å². The highest BCUT2D eigenvalue weighted by molar-refractivity contribution is 8.13. The summed E-state index contributed by atoms with van der Waals surface area (Å²) in [4.78, 5) is 4.22. The van der Waals surface area contributed by atoms with Crippen LogP contribution in [0.2, 0.25) is 0 Å². The van der Waals surface area contributed by atoms with Crippen molar-refractivity contribution < 1.29 is 4.74 Å². The highest BCUT2D eigenvalue weighted by Gasteiger charge is 2.12. The average molecular weight is 280 g/mol. The van der Waals surface area contributed by atoms with Gasteiger partial charge in [0.15, 0.2) is 5.17 Å². The summed E-state index contributed by atoms with van der Waals surface area (Å²) in [5, 5.41) is 0.622. The average Bonchev–Trinajstić information content (AvgIpc) is 2.36. The Labute approximate surface area is 120 Å². The van der Waals surface area contributed by atoms with Crippen molar-refractivity contribution in [1.29, 1.82) is 0 Å². The largest absolute Gasteiger partial charge is 0.383 e. The van der Waals surface area contributed by atoms with Crippen LogP contribution >= 0.6 is 11.8 Å². The van der Waals surface area contributed by atoms with E-state index < -0.39 is 0 Å². The van der Waals surface area contributed by atoms with Crippen molar-refractivity contribution in [2.24, 2.45) is 10.7 Å². The minimum Gasteiger partial charge on any atom is -0.383 e. The highest BCUT2D eigenvalue weighted by Crippen LogP contribution is 2.23. The van der Waals surface area contributed by atoms with Gasteiger partial charge in [-0.3, -0.25) is 4.99 Å². The third-order valence-corrected chi connectivity index (χ3v) is 3.67. The Kier molecular flexibility index (Phi) is 6.38. The van der Waals surface area contributed by atoms with E-state index in [0.29, 0.717) is 18.3 Å². The van der Waals surface area contributed by atoms with Crippen LogP contribution in [0.15, 0.2) is 29.3 Å². The molecule has 0 aliphatic rings. The fourth-order valence-corrected chi connectivity index (χ4v) is 2.24. The first-order chi connectivity index (χ1) is 8.93. The number of amidine groups is 1. The van der Waals surface area contributed by atoms with Crippen LogP contribution in [0.4, 0.5) is 0 Å². The zero-order chi connectivity index (χ0) is 14.3. The zero-order valence-electron chi connectivity index (χ0n) is 12.3. The molecule has 0 spiro atoms. The van der Waals surface area contributed by atoms with E-state index in [0.717, 1.165) is 5.75 Å². The van der Waals surface area contributed by atoms with Crippen LogP contribution in [0.25, 0.3) is 0 Å². The molecule has 3 nitrogen and oxygen atoms in total. The third-order valence-electron chi connectivity index (χ3n) is 2.77. The van der Waals surface area contributed by atoms with Crippen molar-refractivity contribution in [3.63, 3.8) is 0 Å². The molecule has 2 N–H and O–H groups in total. The lowest BCUT2D eigenvalue weighted by molar-refractivity contribution is 0.208. The Balaban J connectivity index is 2.48. The lowest BCUT2D eigenvalue weighted by Gasteiger charge is -2.19. The normalized spacial score (nSPS) is 12.7. The second kappa shape index (κ2) is 7.56. The zero-order valence-corrected chi connectivity index (χ0v) is 13.1. The smallest absolute Gasteiger partial charge is 0.154 e. The van der Waals surface area contributed by atoms with Gasteiger partial charge in [-0.05, 0) is 16.5 Å². The lowest BCUT2D eigenvalue weighted by Crippen LogP contribution is -2.11. The Morgan fingerprint density at radius 2 is 1.89 bits per heavy atom. The number of aliphatic imine (C=N–C) groups is 1. The number of rotatable bonds is 5. The summed E-state index contributed by atoms with van der Waals surface area (Å²) < 4.78 is 4.93. The van der Waals surface area contributed by atoms with Crippen molar-refractivity contribution in [2.75, 3.05) is 20.3 Å². The molecular formula is C15H24N2OS. The van der Waals surface area contributed by atoms with Crippen LogP contribution in [-0.4, -0.2) is 25.4 Å². The van der Waals surface area contributed by atoms with Crippen molar-refractivity contribution in [3.8, 4) is 0 Å². The van der Waals surface area contributed by atoms with Gasteiger partial charge >= 0.3 is 0 Å². The SMILES string of the molecule is COCCN=C(N)SCc1ccc(C(C)(C)C)cc1.